The van der Waals surface area contributed by atoms with Gasteiger partial charge in [0.1, 0.15) is 0 Å². The lowest BCUT2D eigenvalue weighted by atomic mass is 9.85. The van der Waals surface area contributed by atoms with Gasteiger partial charge in [-0.05, 0) is 28.7 Å². The van der Waals surface area contributed by atoms with Crippen LogP contribution in [-0.2, 0) is 6.42 Å². The van der Waals surface area contributed by atoms with E-state index < -0.39 is 0 Å². The molecule has 0 N–H and O–H groups in total. The van der Waals surface area contributed by atoms with Crippen LogP contribution >= 0.6 is 0 Å². The summed E-state index contributed by atoms with van der Waals surface area (Å²) >= 11 is 0. The first-order valence-electron chi connectivity index (χ1n) is 9.67. The average Bonchev–Trinajstić information content (AvgIpc) is 3.07. The van der Waals surface area contributed by atoms with Gasteiger partial charge in [-0.3, -0.25) is 9.59 Å². The summed E-state index contributed by atoms with van der Waals surface area (Å²) in [6.07, 6.45) is 0.873. The second kappa shape index (κ2) is 6.99. The molecule has 29 heavy (non-hydrogen) atoms. The largest absolute Gasteiger partial charge is 0.289 e. The lowest BCUT2D eigenvalue weighted by molar-refractivity contribution is 0.103. The van der Waals surface area contributed by atoms with E-state index in [0.29, 0.717) is 0 Å². The van der Waals surface area contributed by atoms with Crippen molar-refractivity contribution in [2.75, 3.05) is 0 Å². The lowest BCUT2D eigenvalue weighted by Crippen LogP contribution is -2.14. The number of hydrogen-bond donors (Lipinski definition) is 0. The number of ketones is 2. The van der Waals surface area contributed by atoms with Crippen molar-refractivity contribution < 1.29 is 9.59 Å². The van der Waals surface area contributed by atoms with Gasteiger partial charge in [0.15, 0.2) is 11.6 Å². The Morgan fingerprint density at radius 1 is 0.379 bits per heavy atom. The molecule has 2 nitrogen and oxygen atoms in total. The van der Waals surface area contributed by atoms with Gasteiger partial charge in [-0.1, -0.05) is 97.1 Å². The maximum Gasteiger partial charge on any atom is 0.194 e. The fourth-order valence-electron chi connectivity index (χ4n) is 4.12. The summed E-state index contributed by atoms with van der Waals surface area (Å²) in [6, 6.07) is 31.2. The molecule has 2 heteroatoms. The molecule has 0 saturated heterocycles. The molecule has 0 aliphatic heterocycles. The predicted molar refractivity (Wildman–Crippen MR) is 114 cm³/mol. The molecule has 0 aromatic heterocycles. The Bertz CT molecular complexity index is 1170. The highest BCUT2D eigenvalue weighted by molar-refractivity contribution is 6.21. The van der Waals surface area contributed by atoms with Gasteiger partial charge in [0.2, 0.25) is 0 Å². The van der Waals surface area contributed by atoms with E-state index >= 15 is 0 Å². The molecule has 0 unspecified atom stereocenters. The van der Waals surface area contributed by atoms with Gasteiger partial charge in [-0.15, -0.1) is 0 Å². The highest BCUT2D eigenvalue weighted by atomic mass is 16.1. The molecule has 2 aliphatic rings. The number of rotatable bonds is 0. The topological polar surface area (TPSA) is 34.1 Å². The van der Waals surface area contributed by atoms with Crippen LogP contribution in [0.4, 0.5) is 0 Å². The van der Waals surface area contributed by atoms with Crippen LogP contribution in [-0.4, -0.2) is 11.6 Å². The normalized spacial score (nSPS) is 12.8. The van der Waals surface area contributed by atoms with Gasteiger partial charge < -0.3 is 0 Å². The molecule has 4 aromatic rings. The fraction of sp³-hybridized carbons (Fsp3) is 0.0370. The van der Waals surface area contributed by atoms with E-state index in [0.717, 1.165) is 50.9 Å². The van der Waals surface area contributed by atoms with Gasteiger partial charge in [0.05, 0.1) is 0 Å². The number of benzene rings is 4. The molecule has 6 rings (SSSR count). The minimum atomic E-state index is 0.149. The van der Waals surface area contributed by atoms with E-state index in [1.807, 2.05) is 97.1 Å². The van der Waals surface area contributed by atoms with E-state index in [1.165, 1.54) is 0 Å². The second-order valence-electron chi connectivity index (χ2n) is 7.24. The van der Waals surface area contributed by atoms with Crippen LogP contribution in [0.15, 0.2) is 97.1 Å². The molecule has 0 fully saturated rings. The first kappa shape index (κ1) is 17.3. The molecule has 0 bridgehead atoms. The average molecular weight is 374 g/mol. The summed E-state index contributed by atoms with van der Waals surface area (Å²) in [5, 5.41) is 0. The van der Waals surface area contributed by atoms with Crippen LogP contribution in [0.1, 0.15) is 43.0 Å². The SMILES string of the molecule is O=C1c2ccccc2-c2ccccc21.O=C1c2ccccc2Cc2ccccc21. The van der Waals surface area contributed by atoms with Gasteiger partial charge >= 0.3 is 0 Å². The maximum atomic E-state index is 12.1. The van der Waals surface area contributed by atoms with Crippen LogP contribution in [0.25, 0.3) is 11.1 Å². The number of carbonyl (C=O) groups is 2. The Morgan fingerprint density at radius 2 is 0.690 bits per heavy atom. The Labute approximate surface area is 169 Å². The van der Waals surface area contributed by atoms with E-state index in [2.05, 4.69) is 0 Å². The van der Waals surface area contributed by atoms with E-state index in [9.17, 15) is 9.59 Å². The molecule has 0 radical (unpaired) electrons. The molecule has 0 saturated carbocycles. The monoisotopic (exact) mass is 374 g/mol. The zero-order valence-electron chi connectivity index (χ0n) is 15.8. The van der Waals surface area contributed by atoms with Crippen molar-refractivity contribution in [1.29, 1.82) is 0 Å². The number of fused-ring (bicyclic) bond motifs is 5. The van der Waals surface area contributed by atoms with E-state index in [-0.39, 0.29) is 11.6 Å². The summed E-state index contributed by atoms with van der Waals surface area (Å²) in [5.41, 5.74) is 7.78. The minimum absolute atomic E-state index is 0.149. The van der Waals surface area contributed by atoms with Gasteiger partial charge in [-0.25, -0.2) is 0 Å². The lowest BCUT2D eigenvalue weighted by Gasteiger charge is -2.17. The molecule has 0 heterocycles. The third-order valence-electron chi connectivity index (χ3n) is 5.54. The Morgan fingerprint density at radius 3 is 1.14 bits per heavy atom. The van der Waals surface area contributed by atoms with Crippen molar-refractivity contribution in [2.45, 2.75) is 6.42 Å². The third kappa shape index (κ3) is 2.90. The summed E-state index contributed by atoms with van der Waals surface area (Å²) in [6.45, 7) is 0. The quantitative estimate of drug-likeness (QED) is 0.341. The van der Waals surface area contributed by atoms with Crippen molar-refractivity contribution in [3.8, 4) is 11.1 Å². The first-order chi connectivity index (χ1) is 14.2. The van der Waals surface area contributed by atoms with Crippen LogP contribution in [0, 0.1) is 0 Å². The standard InChI is InChI=1S/C14H10O.C13H8O/c15-14-12-7-3-1-5-10(12)9-11-6-2-4-8-13(11)14;14-13-11-7-3-1-5-9(11)10-6-2-4-8-12(10)13/h1-8H,9H2;1-8H. The molecule has 0 spiro atoms. The summed E-state index contributed by atoms with van der Waals surface area (Å²) in [7, 11) is 0. The van der Waals surface area contributed by atoms with Crippen LogP contribution < -0.4 is 0 Å². The first-order valence-corrected chi connectivity index (χ1v) is 9.67. The third-order valence-corrected chi connectivity index (χ3v) is 5.54. The predicted octanol–water partition coefficient (Wildman–Crippen LogP) is 5.72. The molecule has 2 aliphatic carbocycles. The molecular weight excluding hydrogens is 356 g/mol. The van der Waals surface area contributed by atoms with Gasteiger partial charge in [0, 0.05) is 22.3 Å². The van der Waals surface area contributed by atoms with Crippen LogP contribution in [0.5, 0.6) is 0 Å². The maximum absolute atomic E-state index is 12.1. The molecular formula is C27H18O2. The van der Waals surface area contributed by atoms with Gasteiger partial charge in [0.25, 0.3) is 0 Å². The summed E-state index contributed by atoms with van der Waals surface area (Å²) in [5.74, 6) is 0.309. The van der Waals surface area contributed by atoms with Gasteiger partial charge in [-0.2, -0.15) is 0 Å². The van der Waals surface area contributed by atoms with Crippen molar-refractivity contribution in [1.82, 2.24) is 0 Å². The van der Waals surface area contributed by atoms with Crippen LogP contribution in [0.3, 0.4) is 0 Å². The highest BCUT2D eigenvalue weighted by Crippen LogP contribution is 2.35. The molecule has 138 valence electrons. The molecule has 0 amide bonds. The van der Waals surface area contributed by atoms with Crippen molar-refractivity contribution in [2.24, 2.45) is 0 Å². The Kier molecular flexibility index (Phi) is 4.18. The second-order valence-corrected chi connectivity index (χ2v) is 7.24. The van der Waals surface area contributed by atoms with Crippen molar-refractivity contribution in [3.63, 3.8) is 0 Å². The fourth-order valence-corrected chi connectivity index (χ4v) is 4.12. The van der Waals surface area contributed by atoms with E-state index in [1.54, 1.807) is 0 Å². The van der Waals surface area contributed by atoms with Crippen molar-refractivity contribution in [3.05, 3.63) is 130 Å². The van der Waals surface area contributed by atoms with E-state index in [4.69, 9.17) is 0 Å². The number of carbonyl (C=O) groups excluding carboxylic acids is 2. The summed E-state index contributed by atoms with van der Waals surface area (Å²) in [4.78, 5) is 24.0. The Hall–Kier alpha value is -3.78. The zero-order valence-corrected chi connectivity index (χ0v) is 15.8. The number of hydrogen-bond acceptors (Lipinski definition) is 2. The van der Waals surface area contributed by atoms with Crippen LogP contribution in [0.2, 0.25) is 0 Å². The van der Waals surface area contributed by atoms with Crippen molar-refractivity contribution >= 4 is 11.6 Å². The smallest absolute Gasteiger partial charge is 0.194 e. The summed E-state index contributed by atoms with van der Waals surface area (Å²) < 4.78 is 0. The molecule has 0 atom stereocenters. The Balaban J connectivity index is 0.000000125. The minimum Gasteiger partial charge on any atom is -0.289 e. The molecule has 4 aromatic carbocycles. The zero-order chi connectivity index (χ0) is 19.8. The highest BCUT2D eigenvalue weighted by Gasteiger charge is 2.25.